The molecule has 0 unspecified atom stereocenters. The number of aromatic amines is 1. The number of esters is 1. The zero-order valence-corrected chi connectivity index (χ0v) is 24.2. The number of nitrogens with one attached hydrogen (secondary N) is 1. The molecule has 1 aliphatic rings. The Morgan fingerprint density at radius 2 is 1.88 bits per heavy atom. The number of aryl methyl sites for hydroxylation is 1. The van der Waals surface area contributed by atoms with Crippen molar-refractivity contribution in [2.45, 2.75) is 44.8 Å². The highest BCUT2D eigenvalue weighted by molar-refractivity contribution is 5.93. The summed E-state index contributed by atoms with van der Waals surface area (Å²) in [5.41, 5.74) is 0.677. The van der Waals surface area contributed by atoms with Crippen LogP contribution in [0.15, 0.2) is 58.5 Å². The van der Waals surface area contributed by atoms with E-state index in [0.717, 1.165) is 48.0 Å². The standard InChI is InChI=1S/C30H33F3N6O3/c1-19-25(27(40)42-5)26(24-14-13-20(18-34)16-21(24)10-7-6-8-15-39(2,3)4)38-28(35-36-29(38)41)37(19)23-12-9-11-22(17-23)30(31,32)33/h9,11-14,16-17,26H,6-8,10,15H2,1-5H3/p+1/t26-/m1/s1. The van der Waals surface area contributed by atoms with Crippen LogP contribution in [-0.2, 0) is 22.1 Å². The Labute approximate surface area is 242 Å². The van der Waals surface area contributed by atoms with Gasteiger partial charge in [-0.3, -0.25) is 4.90 Å². The third-order valence-corrected chi connectivity index (χ3v) is 7.32. The molecule has 0 fully saturated rings. The zero-order chi connectivity index (χ0) is 30.8. The summed E-state index contributed by atoms with van der Waals surface area (Å²) in [6, 6.07) is 10.8. The minimum atomic E-state index is -4.61. The average Bonchev–Trinajstić information content (AvgIpc) is 3.31. The lowest BCUT2D eigenvalue weighted by Crippen LogP contribution is -2.38. The fraction of sp³-hybridized carbons (Fsp3) is 0.400. The van der Waals surface area contributed by atoms with Crippen LogP contribution >= 0.6 is 0 Å². The first-order valence-corrected chi connectivity index (χ1v) is 13.5. The number of methoxy groups -OCH3 is 1. The highest BCUT2D eigenvalue weighted by Gasteiger charge is 2.41. The number of unbranched alkanes of at least 4 members (excludes halogenated alkanes) is 2. The van der Waals surface area contributed by atoms with Gasteiger partial charge in [0.2, 0.25) is 5.95 Å². The number of nitriles is 1. The first-order chi connectivity index (χ1) is 19.8. The average molecular weight is 584 g/mol. The number of anilines is 2. The number of carbonyl (C=O) groups is 1. The number of allylic oxidation sites excluding steroid dienone is 1. The van der Waals surface area contributed by atoms with Gasteiger partial charge >= 0.3 is 17.8 Å². The van der Waals surface area contributed by atoms with Crippen molar-refractivity contribution in [3.63, 3.8) is 0 Å². The van der Waals surface area contributed by atoms with Gasteiger partial charge in [0.15, 0.2) is 0 Å². The molecule has 1 aliphatic heterocycles. The molecule has 42 heavy (non-hydrogen) atoms. The van der Waals surface area contributed by atoms with Crippen LogP contribution in [0.3, 0.4) is 0 Å². The molecule has 4 rings (SSSR count). The van der Waals surface area contributed by atoms with E-state index in [1.54, 1.807) is 25.1 Å². The molecule has 0 saturated heterocycles. The van der Waals surface area contributed by atoms with Gasteiger partial charge in [-0.1, -0.05) is 12.1 Å². The third-order valence-electron chi connectivity index (χ3n) is 7.32. The molecule has 3 aromatic rings. The van der Waals surface area contributed by atoms with Gasteiger partial charge in [0.25, 0.3) is 0 Å². The second-order valence-corrected chi connectivity index (χ2v) is 11.3. The first kappa shape index (κ1) is 30.6. The van der Waals surface area contributed by atoms with E-state index >= 15 is 0 Å². The lowest BCUT2D eigenvalue weighted by molar-refractivity contribution is -0.870. The van der Waals surface area contributed by atoms with Gasteiger partial charge in [-0.05, 0) is 74.1 Å². The molecule has 1 aromatic heterocycles. The number of alkyl halides is 3. The maximum atomic E-state index is 13.6. The summed E-state index contributed by atoms with van der Waals surface area (Å²) in [5, 5.41) is 16.2. The number of fused-ring (bicyclic) bond motifs is 1. The van der Waals surface area contributed by atoms with Gasteiger partial charge in [0.05, 0.1) is 57.6 Å². The summed E-state index contributed by atoms with van der Waals surface area (Å²) in [5.74, 6) is -0.723. The molecule has 0 aliphatic carbocycles. The van der Waals surface area contributed by atoms with Crippen molar-refractivity contribution in [2.24, 2.45) is 0 Å². The second-order valence-electron chi connectivity index (χ2n) is 11.3. The quantitative estimate of drug-likeness (QED) is 0.214. The first-order valence-electron chi connectivity index (χ1n) is 13.5. The summed E-state index contributed by atoms with van der Waals surface area (Å²) in [6.07, 6.45) is -1.26. The number of rotatable bonds is 9. The Morgan fingerprint density at radius 3 is 2.52 bits per heavy atom. The molecule has 0 bridgehead atoms. The molecule has 2 heterocycles. The highest BCUT2D eigenvalue weighted by Crippen LogP contribution is 2.43. The number of carbonyl (C=O) groups excluding carboxylic acids is 1. The van der Waals surface area contributed by atoms with E-state index < -0.39 is 29.4 Å². The zero-order valence-electron chi connectivity index (χ0n) is 24.2. The van der Waals surface area contributed by atoms with Gasteiger partial charge < -0.3 is 9.22 Å². The largest absolute Gasteiger partial charge is 0.466 e. The molecule has 0 saturated carbocycles. The number of quaternary nitrogens is 1. The molecular formula is C30H34F3N6O3+. The summed E-state index contributed by atoms with van der Waals surface area (Å²) in [4.78, 5) is 27.9. The number of ether oxygens (including phenoxy) is 1. The number of benzene rings is 2. The number of nitrogens with zero attached hydrogens (tertiary/aromatic N) is 5. The Kier molecular flexibility index (Phi) is 8.63. The summed E-state index contributed by atoms with van der Waals surface area (Å²) in [7, 11) is 7.59. The molecule has 0 spiro atoms. The second kappa shape index (κ2) is 11.9. The molecule has 12 heteroatoms. The van der Waals surface area contributed by atoms with Crippen LogP contribution in [0.1, 0.15) is 54.5 Å². The minimum absolute atomic E-state index is 0.0210. The van der Waals surface area contributed by atoms with Crippen molar-refractivity contribution >= 4 is 17.6 Å². The van der Waals surface area contributed by atoms with E-state index in [9.17, 15) is 28.0 Å². The molecule has 0 amide bonds. The predicted molar refractivity (Wildman–Crippen MR) is 151 cm³/mol. The number of hydrogen-bond donors (Lipinski definition) is 1. The molecule has 0 radical (unpaired) electrons. The minimum Gasteiger partial charge on any atom is -0.466 e. The molecular weight excluding hydrogens is 549 g/mol. The van der Waals surface area contributed by atoms with Crippen molar-refractivity contribution in [2.75, 3.05) is 39.7 Å². The van der Waals surface area contributed by atoms with E-state index in [1.165, 1.54) is 28.7 Å². The highest BCUT2D eigenvalue weighted by atomic mass is 19.4. The fourth-order valence-corrected chi connectivity index (χ4v) is 5.32. The lowest BCUT2D eigenvalue weighted by atomic mass is 9.88. The van der Waals surface area contributed by atoms with Crippen molar-refractivity contribution in [1.82, 2.24) is 14.8 Å². The Balaban J connectivity index is 1.86. The smallest absolute Gasteiger partial charge is 0.416 e. The normalized spacial score (nSPS) is 15.4. The van der Waals surface area contributed by atoms with Crippen LogP contribution in [-0.4, -0.2) is 60.0 Å². The number of halogens is 3. The van der Waals surface area contributed by atoms with E-state index in [-0.39, 0.29) is 22.9 Å². The molecule has 2 aromatic carbocycles. The van der Waals surface area contributed by atoms with Gasteiger partial charge in [-0.25, -0.2) is 19.3 Å². The van der Waals surface area contributed by atoms with E-state index in [1.807, 2.05) is 0 Å². The van der Waals surface area contributed by atoms with E-state index in [2.05, 4.69) is 37.4 Å². The Bertz CT molecular complexity index is 1610. The van der Waals surface area contributed by atoms with Crippen LogP contribution in [0.4, 0.5) is 24.8 Å². The molecule has 9 nitrogen and oxygen atoms in total. The van der Waals surface area contributed by atoms with Gasteiger partial charge in [-0.2, -0.15) is 18.4 Å². The summed E-state index contributed by atoms with van der Waals surface area (Å²) >= 11 is 0. The van der Waals surface area contributed by atoms with Crippen molar-refractivity contribution in [1.29, 1.82) is 5.26 Å². The van der Waals surface area contributed by atoms with E-state index in [0.29, 0.717) is 17.5 Å². The number of H-pyrrole nitrogens is 1. The Hall–Kier alpha value is -4.37. The number of hydrogen-bond acceptors (Lipinski definition) is 6. The van der Waals surface area contributed by atoms with Crippen LogP contribution in [0.25, 0.3) is 0 Å². The maximum absolute atomic E-state index is 13.6. The molecule has 222 valence electrons. The molecule has 1 atom stereocenters. The number of aromatic nitrogens is 3. The van der Waals surface area contributed by atoms with Crippen LogP contribution in [0.2, 0.25) is 0 Å². The van der Waals surface area contributed by atoms with Gasteiger partial charge in [0.1, 0.15) is 6.04 Å². The lowest BCUT2D eigenvalue weighted by Gasteiger charge is -2.36. The SMILES string of the molecule is COC(=O)C1=C(C)N(c2cccc(C(F)(F)F)c2)c2n[nH]c(=O)n2[C@@H]1c1ccc(C#N)cc1CCCCC[N+](C)(C)C. The van der Waals surface area contributed by atoms with Gasteiger partial charge in [0, 0.05) is 11.4 Å². The summed E-state index contributed by atoms with van der Waals surface area (Å²) in [6.45, 7) is 2.58. The van der Waals surface area contributed by atoms with Crippen molar-refractivity contribution in [3.05, 3.63) is 86.5 Å². The van der Waals surface area contributed by atoms with Crippen LogP contribution in [0.5, 0.6) is 0 Å². The fourth-order valence-electron chi connectivity index (χ4n) is 5.32. The predicted octanol–water partition coefficient (Wildman–Crippen LogP) is 5.07. The van der Waals surface area contributed by atoms with Crippen LogP contribution < -0.4 is 10.6 Å². The monoisotopic (exact) mass is 583 g/mol. The van der Waals surface area contributed by atoms with E-state index in [4.69, 9.17) is 4.74 Å². The summed E-state index contributed by atoms with van der Waals surface area (Å²) < 4.78 is 48.0. The van der Waals surface area contributed by atoms with Crippen molar-refractivity contribution < 1.29 is 27.2 Å². The van der Waals surface area contributed by atoms with Gasteiger partial charge in [-0.15, -0.1) is 5.10 Å². The third kappa shape index (κ3) is 6.26. The molecule has 1 N–H and O–H groups in total. The Morgan fingerprint density at radius 1 is 1.14 bits per heavy atom. The topological polar surface area (TPSA) is 104 Å². The van der Waals surface area contributed by atoms with Crippen molar-refractivity contribution in [3.8, 4) is 6.07 Å². The maximum Gasteiger partial charge on any atom is 0.416 e. The van der Waals surface area contributed by atoms with Crippen LogP contribution in [0, 0.1) is 11.3 Å².